The third-order valence-corrected chi connectivity index (χ3v) is 6.35. The standard InChI is InChI=1S/C20H21F2NO2S/c1-2-26(24,25)11-10-23-14-16(18-13-17(21)8-9-19(18)22)12-20(23)15-6-4-3-5-7-15/h3-9,12-13,20H,2,10-11,14H2,1H3/t20-/m0/s1. The molecule has 138 valence electrons. The first kappa shape index (κ1) is 18.7. The van der Waals surface area contributed by atoms with Crippen LogP contribution in [0.1, 0.15) is 24.1 Å². The lowest BCUT2D eigenvalue weighted by atomic mass is 10.0. The Labute approximate surface area is 152 Å². The van der Waals surface area contributed by atoms with Crippen molar-refractivity contribution in [2.24, 2.45) is 0 Å². The molecule has 3 rings (SSSR count). The topological polar surface area (TPSA) is 37.4 Å². The average molecular weight is 377 g/mol. The molecule has 0 saturated carbocycles. The number of halogens is 2. The summed E-state index contributed by atoms with van der Waals surface area (Å²) in [5.74, 6) is -0.840. The Morgan fingerprint density at radius 3 is 2.54 bits per heavy atom. The summed E-state index contributed by atoms with van der Waals surface area (Å²) in [6.07, 6.45) is 1.89. The zero-order valence-corrected chi connectivity index (χ0v) is 15.3. The quantitative estimate of drug-likeness (QED) is 0.768. The largest absolute Gasteiger partial charge is 0.288 e. The van der Waals surface area contributed by atoms with Crippen molar-refractivity contribution < 1.29 is 17.2 Å². The third-order valence-electron chi connectivity index (χ3n) is 4.67. The predicted molar refractivity (Wildman–Crippen MR) is 99.4 cm³/mol. The van der Waals surface area contributed by atoms with Gasteiger partial charge in [0.15, 0.2) is 9.84 Å². The van der Waals surface area contributed by atoms with Crippen molar-refractivity contribution >= 4 is 15.4 Å². The fourth-order valence-electron chi connectivity index (χ4n) is 3.16. The van der Waals surface area contributed by atoms with E-state index in [9.17, 15) is 17.2 Å². The molecule has 0 fully saturated rings. The molecule has 0 aromatic heterocycles. The zero-order chi connectivity index (χ0) is 18.7. The van der Waals surface area contributed by atoms with E-state index in [1.807, 2.05) is 41.3 Å². The van der Waals surface area contributed by atoms with Crippen molar-refractivity contribution in [1.29, 1.82) is 0 Å². The zero-order valence-electron chi connectivity index (χ0n) is 14.5. The number of hydrogen-bond acceptors (Lipinski definition) is 3. The van der Waals surface area contributed by atoms with Crippen LogP contribution in [0.2, 0.25) is 0 Å². The van der Waals surface area contributed by atoms with E-state index in [4.69, 9.17) is 0 Å². The lowest BCUT2D eigenvalue weighted by Gasteiger charge is -2.24. The first-order valence-electron chi connectivity index (χ1n) is 8.55. The average Bonchev–Trinajstić information content (AvgIpc) is 3.07. The molecule has 0 spiro atoms. The number of hydrogen-bond donors (Lipinski definition) is 0. The van der Waals surface area contributed by atoms with Crippen LogP contribution in [0.3, 0.4) is 0 Å². The molecule has 0 aliphatic carbocycles. The van der Waals surface area contributed by atoms with E-state index in [0.717, 1.165) is 17.7 Å². The molecule has 0 amide bonds. The second kappa shape index (κ2) is 7.68. The van der Waals surface area contributed by atoms with E-state index in [2.05, 4.69) is 0 Å². The maximum atomic E-state index is 14.2. The molecule has 1 atom stereocenters. The van der Waals surface area contributed by atoms with E-state index in [1.165, 1.54) is 6.07 Å². The van der Waals surface area contributed by atoms with Crippen LogP contribution in [-0.4, -0.2) is 37.9 Å². The van der Waals surface area contributed by atoms with Gasteiger partial charge in [-0.3, -0.25) is 4.90 Å². The van der Waals surface area contributed by atoms with E-state index < -0.39 is 21.5 Å². The van der Waals surface area contributed by atoms with Crippen LogP contribution in [0.4, 0.5) is 8.78 Å². The Morgan fingerprint density at radius 2 is 1.85 bits per heavy atom. The summed E-state index contributed by atoms with van der Waals surface area (Å²) in [6, 6.07) is 12.9. The van der Waals surface area contributed by atoms with E-state index in [1.54, 1.807) is 6.92 Å². The smallest absolute Gasteiger partial charge is 0.151 e. The number of nitrogens with zero attached hydrogens (tertiary/aromatic N) is 1. The van der Waals surface area contributed by atoms with Gasteiger partial charge in [0.2, 0.25) is 0 Å². The normalized spacial score (nSPS) is 18.1. The SMILES string of the molecule is CCS(=O)(=O)CCN1CC(c2cc(F)ccc2F)=C[C@H]1c1ccccc1. The van der Waals surface area contributed by atoms with Gasteiger partial charge in [-0.15, -0.1) is 0 Å². The molecule has 0 radical (unpaired) electrons. The highest BCUT2D eigenvalue weighted by Gasteiger charge is 2.28. The Kier molecular flexibility index (Phi) is 5.53. The second-order valence-electron chi connectivity index (χ2n) is 6.38. The van der Waals surface area contributed by atoms with Crippen molar-refractivity contribution in [2.75, 3.05) is 24.6 Å². The highest BCUT2D eigenvalue weighted by Crippen LogP contribution is 2.35. The monoisotopic (exact) mass is 377 g/mol. The van der Waals surface area contributed by atoms with Crippen molar-refractivity contribution in [3.05, 3.63) is 77.4 Å². The highest BCUT2D eigenvalue weighted by molar-refractivity contribution is 7.91. The lowest BCUT2D eigenvalue weighted by molar-refractivity contribution is 0.293. The molecule has 0 N–H and O–H groups in total. The molecule has 2 aromatic rings. The van der Waals surface area contributed by atoms with Crippen LogP contribution in [0, 0.1) is 11.6 Å². The Balaban J connectivity index is 1.92. The van der Waals surface area contributed by atoms with Gasteiger partial charge in [0.1, 0.15) is 11.6 Å². The van der Waals surface area contributed by atoms with Gasteiger partial charge in [0.05, 0.1) is 11.8 Å². The molecule has 1 aliphatic heterocycles. The molecule has 1 aliphatic rings. The Bertz CT molecular complexity index is 911. The van der Waals surface area contributed by atoms with Gasteiger partial charge in [-0.25, -0.2) is 17.2 Å². The molecular weight excluding hydrogens is 356 g/mol. The molecule has 6 heteroatoms. The van der Waals surface area contributed by atoms with Crippen molar-refractivity contribution in [2.45, 2.75) is 13.0 Å². The van der Waals surface area contributed by atoms with Crippen LogP contribution in [-0.2, 0) is 9.84 Å². The minimum atomic E-state index is -3.11. The van der Waals surface area contributed by atoms with Gasteiger partial charge in [0, 0.05) is 24.4 Å². The van der Waals surface area contributed by atoms with Gasteiger partial charge >= 0.3 is 0 Å². The van der Waals surface area contributed by atoms with Crippen molar-refractivity contribution in [3.8, 4) is 0 Å². The number of rotatable bonds is 6. The molecule has 2 aromatic carbocycles. The summed E-state index contributed by atoms with van der Waals surface area (Å²) < 4.78 is 51.6. The molecular formula is C20H21F2NO2S. The van der Waals surface area contributed by atoms with Gasteiger partial charge < -0.3 is 0 Å². The van der Waals surface area contributed by atoms with Crippen LogP contribution >= 0.6 is 0 Å². The molecule has 1 heterocycles. The minimum Gasteiger partial charge on any atom is -0.288 e. The summed E-state index contributed by atoms with van der Waals surface area (Å²) in [5, 5.41) is 0. The molecule has 26 heavy (non-hydrogen) atoms. The van der Waals surface area contributed by atoms with Crippen LogP contribution < -0.4 is 0 Å². The lowest BCUT2D eigenvalue weighted by Crippen LogP contribution is -2.30. The van der Waals surface area contributed by atoms with E-state index >= 15 is 0 Å². The van der Waals surface area contributed by atoms with E-state index in [0.29, 0.717) is 18.7 Å². The van der Waals surface area contributed by atoms with Crippen molar-refractivity contribution in [1.82, 2.24) is 4.90 Å². The second-order valence-corrected chi connectivity index (χ2v) is 8.85. The first-order valence-corrected chi connectivity index (χ1v) is 10.4. The molecule has 3 nitrogen and oxygen atoms in total. The van der Waals surface area contributed by atoms with Gasteiger partial charge in [0.25, 0.3) is 0 Å². The van der Waals surface area contributed by atoms with Crippen LogP contribution in [0.15, 0.2) is 54.6 Å². The van der Waals surface area contributed by atoms with Crippen LogP contribution in [0.5, 0.6) is 0 Å². The first-order chi connectivity index (χ1) is 12.4. The summed E-state index contributed by atoms with van der Waals surface area (Å²) in [5.41, 5.74) is 1.89. The summed E-state index contributed by atoms with van der Waals surface area (Å²) >= 11 is 0. The Morgan fingerprint density at radius 1 is 1.12 bits per heavy atom. The van der Waals surface area contributed by atoms with Gasteiger partial charge in [-0.1, -0.05) is 43.3 Å². The van der Waals surface area contributed by atoms with Crippen LogP contribution in [0.25, 0.3) is 5.57 Å². The summed E-state index contributed by atoms with van der Waals surface area (Å²) in [6.45, 7) is 2.34. The summed E-state index contributed by atoms with van der Waals surface area (Å²) in [7, 11) is -3.11. The maximum absolute atomic E-state index is 14.2. The maximum Gasteiger partial charge on any atom is 0.151 e. The van der Waals surface area contributed by atoms with Gasteiger partial charge in [-0.05, 0) is 29.3 Å². The Hall–Kier alpha value is -2.05. The highest BCUT2D eigenvalue weighted by atomic mass is 32.2. The number of sulfone groups is 1. The fourth-order valence-corrected chi connectivity index (χ4v) is 3.96. The summed E-state index contributed by atoms with van der Waals surface area (Å²) in [4.78, 5) is 1.99. The molecule has 0 bridgehead atoms. The molecule has 0 saturated heterocycles. The minimum absolute atomic E-state index is 0.0413. The third kappa shape index (κ3) is 4.19. The number of benzene rings is 2. The fraction of sp³-hybridized carbons (Fsp3) is 0.300. The van der Waals surface area contributed by atoms with Crippen molar-refractivity contribution in [3.63, 3.8) is 0 Å². The molecule has 0 unspecified atom stereocenters. The van der Waals surface area contributed by atoms with Gasteiger partial charge in [-0.2, -0.15) is 0 Å². The predicted octanol–water partition coefficient (Wildman–Crippen LogP) is 3.84. The van der Waals surface area contributed by atoms with E-state index in [-0.39, 0.29) is 23.1 Å².